The number of benzene rings is 2. The Labute approximate surface area is 163 Å². The van der Waals surface area contributed by atoms with Gasteiger partial charge in [0.1, 0.15) is 17.2 Å². The third-order valence-electron chi connectivity index (χ3n) is 5.00. The standard InChI is InChI=1S/C21H21FN2O2.ClH/c1-14(20-12-16-5-2-3-8-19(16)26-20)21(25)24-10-9-23-13-18(24)15-6-4-7-17(22)11-15;/h2-8,11-12,14,18,23H,9-10,13H2,1H3;1H. The zero-order valence-electron chi connectivity index (χ0n) is 15.0. The van der Waals surface area contributed by atoms with Crippen molar-refractivity contribution in [3.63, 3.8) is 0 Å². The van der Waals surface area contributed by atoms with Gasteiger partial charge in [0.05, 0.1) is 12.0 Å². The first kappa shape index (κ1) is 19.4. The molecule has 1 aromatic heterocycles. The molecule has 1 N–H and O–H groups in total. The zero-order valence-corrected chi connectivity index (χ0v) is 15.8. The van der Waals surface area contributed by atoms with Gasteiger partial charge in [0.25, 0.3) is 0 Å². The van der Waals surface area contributed by atoms with Gasteiger partial charge in [0, 0.05) is 25.0 Å². The predicted molar refractivity (Wildman–Crippen MR) is 106 cm³/mol. The summed E-state index contributed by atoms with van der Waals surface area (Å²) in [5.74, 6) is -0.0186. The van der Waals surface area contributed by atoms with Crippen LogP contribution in [0.5, 0.6) is 0 Å². The van der Waals surface area contributed by atoms with E-state index < -0.39 is 5.92 Å². The molecule has 1 aliphatic heterocycles. The molecule has 1 aliphatic rings. The lowest BCUT2D eigenvalue weighted by Gasteiger charge is -2.37. The summed E-state index contributed by atoms with van der Waals surface area (Å²) in [5.41, 5.74) is 1.59. The van der Waals surface area contributed by atoms with Gasteiger partial charge in [-0.2, -0.15) is 0 Å². The summed E-state index contributed by atoms with van der Waals surface area (Å²) >= 11 is 0. The van der Waals surface area contributed by atoms with Crippen LogP contribution in [0.2, 0.25) is 0 Å². The second-order valence-corrected chi connectivity index (χ2v) is 6.71. The molecule has 0 aliphatic carbocycles. The van der Waals surface area contributed by atoms with Gasteiger partial charge in [0.2, 0.25) is 5.91 Å². The lowest BCUT2D eigenvalue weighted by molar-refractivity contribution is -0.136. The molecule has 142 valence electrons. The Bertz CT molecular complexity index is 910. The van der Waals surface area contributed by atoms with Gasteiger partial charge in [-0.05, 0) is 36.8 Å². The van der Waals surface area contributed by atoms with E-state index in [9.17, 15) is 9.18 Å². The fraction of sp³-hybridized carbons (Fsp3) is 0.286. The van der Waals surface area contributed by atoms with Crippen molar-refractivity contribution in [2.24, 2.45) is 0 Å². The van der Waals surface area contributed by atoms with Gasteiger partial charge in [0.15, 0.2) is 0 Å². The van der Waals surface area contributed by atoms with Crippen LogP contribution in [0.3, 0.4) is 0 Å². The third kappa shape index (κ3) is 3.84. The molecule has 2 aromatic carbocycles. The van der Waals surface area contributed by atoms with Crippen molar-refractivity contribution in [1.82, 2.24) is 10.2 Å². The van der Waals surface area contributed by atoms with Crippen LogP contribution in [0.25, 0.3) is 11.0 Å². The largest absolute Gasteiger partial charge is 0.460 e. The number of nitrogens with zero attached hydrogens (tertiary/aromatic N) is 1. The van der Waals surface area contributed by atoms with Gasteiger partial charge in [-0.25, -0.2) is 4.39 Å². The molecule has 0 bridgehead atoms. The summed E-state index contributed by atoms with van der Waals surface area (Å²) in [6.45, 7) is 3.79. The molecule has 0 radical (unpaired) electrons. The molecule has 4 rings (SSSR count). The normalized spacial score (nSPS) is 18.1. The molecule has 1 fully saturated rings. The van der Waals surface area contributed by atoms with Crippen molar-refractivity contribution in [2.75, 3.05) is 19.6 Å². The summed E-state index contributed by atoms with van der Waals surface area (Å²) in [6, 6.07) is 16.0. The van der Waals surface area contributed by atoms with Gasteiger partial charge >= 0.3 is 0 Å². The number of halogens is 2. The smallest absolute Gasteiger partial charge is 0.233 e. The average Bonchev–Trinajstić information content (AvgIpc) is 3.11. The zero-order chi connectivity index (χ0) is 18.1. The van der Waals surface area contributed by atoms with E-state index in [-0.39, 0.29) is 30.2 Å². The first-order chi connectivity index (χ1) is 12.6. The molecule has 0 saturated carbocycles. The lowest BCUT2D eigenvalue weighted by atomic mass is 9.99. The van der Waals surface area contributed by atoms with E-state index in [2.05, 4.69) is 5.32 Å². The molecule has 3 aromatic rings. The average molecular weight is 389 g/mol. The molecule has 0 spiro atoms. The minimum Gasteiger partial charge on any atom is -0.460 e. The quantitative estimate of drug-likeness (QED) is 0.728. The predicted octanol–water partition coefficient (Wildman–Crippen LogP) is 4.27. The Morgan fingerprint density at radius 2 is 2.04 bits per heavy atom. The number of para-hydroxylation sites is 1. The van der Waals surface area contributed by atoms with E-state index in [1.807, 2.05) is 48.2 Å². The molecule has 1 saturated heterocycles. The number of hydrogen-bond donors (Lipinski definition) is 1. The second-order valence-electron chi connectivity index (χ2n) is 6.71. The number of fused-ring (bicyclic) bond motifs is 1. The molecular weight excluding hydrogens is 367 g/mol. The number of carbonyl (C=O) groups excluding carboxylic acids is 1. The SMILES string of the molecule is CC(C(=O)N1CCNCC1c1cccc(F)c1)c1cc2ccccc2o1.Cl. The van der Waals surface area contributed by atoms with Crippen LogP contribution in [0.1, 0.15) is 30.2 Å². The Morgan fingerprint density at radius 3 is 2.81 bits per heavy atom. The molecule has 1 amide bonds. The molecule has 2 atom stereocenters. The highest BCUT2D eigenvalue weighted by molar-refractivity contribution is 5.86. The van der Waals surface area contributed by atoms with Crippen molar-refractivity contribution in [1.29, 1.82) is 0 Å². The molecule has 2 heterocycles. The Kier molecular flexibility index (Phi) is 5.82. The highest BCUT2D eigenvalue weighted by Crippen LogP contribution is 2.30. The highest BCUT2D eigenvalue weighted by Gasteiger charge is 2.32. The Hall–Kier alpha value is -2.37. The van der Waals surface area contributed by atoms with Crippen LogP contribution < -0.4 is 5.32 Å². The van der Waals surface area contributed by atoms with E-state index in [0.717, 1.165) is 23.1 Å². The fourth-order valence-electron chi connectivity index (χ4n) is 3.57. The molecule has 4 nitrogen and oxygen atoms in total. The summed E-state index contributed by atoms with van der Waals surface area (Å²) in [7, 11) is 0. The number of nitrogens with one attached hydrogen (secondary N) is 1. The lowest BCUT2D eigenvalue weighted by Crippen LogP contribution is -2.49. The number of furan rings is 1. The molecule has 27 heavy (non-hydrogen) atoms. The Balaban J connectivity index is 0.00000210. The van der Waals surface area contributed by atoms with Crippen LogP contribution in [0.4, 0.5) is 4.39 Å². The number of hydrogen-bond acceptors (Lipinski definition) is 3. The first-order valence-corrected chi connectivity index (χ1v) is 8.88. The summed E-state index contributed by atoms with van der Waals surface area (Å²) < 4.78 is 19.5. The Morgan fingerprint density at radius 1 is 1.22 bits per heavy atom. The maximum atomic E-state index is 13.7. The first-order valence-electron chi connectivity index (χ1n) is 8.88. The van der Waals surface area contributed by atoms with Crippen molar-refractivity contribution in [2.45, 2.75) is 18.9 Å². The van der Waals surface area contributed by atoms with E-state index in [1.165, 1.54) is 12.1 Å². The molecular formula is C21H22ClFN2O2. The van der Waals surface area contributed by atoms with Crippen LogP contribution in [-0.2, 0) is 4.79 Å². The number of carbonyl (C=O) groups is 1. The summed E-state index contributed by atoms with van der Waals surface area (Å²) in [6.07, 6.45) is 0. The van der Waals surface area contributed by atoms with Crippen LogP contribution in [0.15, 0.2) is 59.0 Å². The monoisotopic (exact) mass is 388 g/mol. The maximum Gasteiger partial charge on any atom is 0.233 e. The van der Waals surface area contributed by atoms with Crippen molar-refractivity contribution in [3.05, 3.63) is 71.7 Å². The van der Waals surface area contributed by atoms with Crippen LogP contribution in [-0.4, -0.2) is 30.4 Å². The van der Waals surface area contributed by atoms with E-state index in [4.69, 9.17) is 4.42 Å². The maximum absolute atomic E-state index is 13.7. The van der Waals surface area contributed by atoms with Crippen LogP contribution in [0, 0.1) is 5.82 Å². The van der Waals surface area contributed by atoms with Gasteiger partial charge in [-0.15, -0.1) is 12.4 Å². The fourth-order valence-corrected chi connectivity index (χ4v) is 3.57. The number of amides is 1. The second kappa shape index (κ2) is 8.11. The van der Waals surface area contributed by atoms with Crippen LogP contribution >= 0.6 is 12.4 Å². The van der Waals surface area contributed by atoms with E-state index in [1.54, 1.807) is 6.07 Å². The van der Waals surface area contributed by atoms with Crippen molar-refractivity contribution < 1.29 is 13.6 Å². The summed E-state index contributed by atoms with van der Waals surface area (Å²) in [4.78, 5) is 15.0. The minimum absolute atomic E-state index is 0. The third-order valence-corrected chi connectivity index (χ3v) is 5.00. The molecule has 6 heteroatoms. The van der Waals surface area contributed by atoms with E-state index >= 15 is 0 Å². The highest BCUT2D eigenvalue weighted by atomic mass is 35.5. The van der Waals surface area contributed by atoms with Crippen molar-refractivity contribution in [3.8, 4) is 0 Å². The topological polar surface area (TPSA) is 45.5 Å². The van der Waals surface area contributed by atoms with E-state index in [0.29, 0.717) is 18.8 Å². The number of piperazine rings is 1. The van der Waals surface area contributed by atoms with Gasteiger partial charge in [-0.3, -0.25) is 4.79 Å². The number of rotatable bonds is 3. The van der Waals surface area contributed by atoms with Gasteiger partial charge < -0.3 is 14.6 Å². The van der Waals surface area contributed by atoms with Crippen molar-refractivity contribution >= 4 is 29.3 Å². The minimum atomic E-state index is -0.392. The summed E-state index contributed by atoms with van der Waals surface area (Å²) in [5, 5.41) is 4.29. The van der Waals surface area contributed by atoms with Gasteiger partial charge in [-0.1, -0.05) is 30.3 Å². The molecule has 2 unspecified atom stereocenters.